The number of halogens is 1. The van der Waals surface area contributed by atoms with Gasteiger partial charge in [0.1, 0.15) is 11.5 Å². The minimum absolute atomic E-state index is 0.155. The van der Waals surface area contributed by atoms with Gasteiger partial charge in [-0.1, -0.05) is 41.5 Å². The summed E-state index contributed by atoms with van der Waals surface area (Å²) in [5.74, 6) is 0.744. The Bertz CT molecular complexity index is 594. The molecule has 2 heterocycles. The number of nitrogens with zero attached hydrogens (tertiary/aromatic N) is 2. The van der Waals surface area contributed by atoms with E-state index in [2.05, 4.69) is 37.1 Å². The van der Waals surface area contributed by atoms with Gasteiger partial charge in [-0.05, 0) is 17.8 Å². The van der Waals surface area contributed by atoms with Crippen LogP contribution < -0.4 is 0 Å². The van der Waals surface area contributed by atoms with Gasteiger partial charge in [0.05, 0.1) is 5.69 Å². The molecule has 0 fully saturated rings. The summed E-state index contributed by atoms with van der Waals surface area (Å²) >= 11 is 0. The average molecular weight is 262 g/mol. The fourth-order valence-electron chi connectivity index (χ4n) is 2.54. The van der Waals surface area contributed by atoms with Crippen molar-refractivity contribution in [2.75, 3.05) is 0 Å². The third kappa shape index (κ3) is 2.38. The first-order chi connectivity index (χ1) is 8.82. The predicted molar refractivity (Wildman–Crippen MR) is 77.4 cm³/mol. The van der Waals surface area contributed by atoms with Gasteiger partial charge in [0.15, 0.2) is 0 Å². The molecule has 0 unspecified atom stereocenters. The zero-order valence-electron chi connectivity index (χ0n) is 12.7. The van der Waals surface area contributed by atoms with Crippen LogP contribution >= 0.6 is 0 Å². The Balaban J connectivity index is 2.79. The standard InChI is InChI=1S/C16H23FN2/c1-9(2)12-8-19-14(7-13(12)17)18-15(10(3)4)16(19)11(5)6/h7-11H,1-6H3. The average Bonchev–Trinajstić information content (AvgIpc) is 2.65. The Morgan fingerprint density at radius 2 is 1.63 bits per heavy atom. The van der Waals surface area contributed by atoms with E-state index < -0.39 is 0 Å². The highest BCUT2D eigenvalue weighted by atomic mass is 19.1. The second kappa shape index (κ2) is 4.95. The highest BCUT2D eigenvalue weighted by Crippen LogP contribution is 2.29. The molecule has 104 valence electrons. The van der Waals surface area contributed by atoms with Crippen molar-refractivity contribution in [2.24, 2.45) is 0 Å². The summed E-state index contributed by atoms with van der Waals surface area (Å²) in [5.41, 5.74) is 3.75. The van der Waals surface area contributed by atoms with Crippen LogP contribution in [0.2, 0.25) is 0 Å². The molecule has 0 amide bonds. The normalized spacial score (nSPS) is 12.3. The minimum atomic E-state index is -0.155. The molecule has 0 aliphatic heterocycles. The molecule has 0 aliphatic rings. The molecule has 0 aliphatic carbocycles. The van der Waals surface area contributed by atoms with Crippen LogP contribution in [-0.2, 0) is 0 Å². The molecular weight excluding hydrogens is 239 g/mol. The topological polar surface area (TPSA) is 17.3 Å². The maximum Gasteiger partial charge on any atom is 0.140 e. The molecule has 0 bridgehead atoms. The zero-order chi connectivity index (χ0) is 14.3. The molecule has 0 radical (unpaired) electrons. The molecule has 0 spiro atoms. The van der Waals surface area contributed by atoms with E-state index in [9.17, 15) is 4.39 Å². The first-order valence-corrected chi connectivity index (χ1v) is 7.04. The molecule has 2 aromatic heterocycles. The molecule has 2 nitrogen and oxygen atoms in total. The van der Waals surface area contributed by atoms with Gasteiger partial charge >= 0.3 is 0 Å². The van der Waals surface area contributed by atoms with Gasteiger partial charge in [0, 0.05) is 23.5 Å². The number of rotatable bonds is 3. The maximum atomic E-state index is 14.1. The predicted octanol–water partition coefficient (Wildman–Crippen LogP) is 4.84. The summed E-state index contributed by atoms with van der Waals surface area (Å²) in [6, 6.07) is 1.56. The number of pyridine rings is 1. The van der Waals surface area contributed by atoms with Crippen molar-refractivity contribution in [3.8, 4) is 0 Å². The third-order valence-corrected chi connectivity index (χ3v) is 3.52. The Morgan fingerprint density at radius 3 is 2.11 bits per heavy atom. The Morgan fingerprint density at radius 1 is 1.00 bits per heavy atom. The number of imidazole rings is 1. The van der Waals surface area contributed by atoms with E-state index in [0.29, 0.717) is 17.5 Å². The summed E-state index contributed by atoms with van der Waals surface area (Å²) < 4.78 is 16.1. The largest absolute Gasteiger partial charge is 0.303 e. The fraction of sp³-hybridized carbons (Fsp3) is 0.562. The number of fused-ring (bicyclic) bond motifs is 1. The van der Waals surface area contributed by atoms with Crippen LogP contribution in [0.4, 0.5) is 4.39 Å². The second-order valence-corrected chi connectivity index (χ2v) is 6.15. The summed E-state index contributed by atoms with van der Waals surface area (Å²) in [6.45, 7) is 12.6. The van der Waals surface area contributed by atoms with E-state index in [0.717, 1.165) is 11.3 Å². The van der Waals surface area contributed by atoms with Gasteiger partial charge in [-0.2, -0.15) is 0 Å². The van der Waals surface area contributed by atoms with Crippen LogP contribution in [0.25, 0.3) is 5.65 Å². The summed E-state index contributed by atoms with van der Waals surface area (Å²) in [5, 5.41) is 0. The van der Waals surface area contributed by atoms with E-state index in [1.807, 2.05) is 20.0 Å². The molecule has 19 heavy (non-hydrogen) atoms. The first kappa shape index (κ1) is 14.0. The summed E-state index contributed by atoms with van der Waals surface area (Å²) in [7, 11) is 0. The summed E-state index contributed by atoms with van der Waals surface area (Å²) in [4.78, 5) is 4.62. The zero-order valence-corrected chi connectivity index (χ0v) is 12.7. The van der Waals surface area contributed by atoms with Crippen molar-refractivity contribution >= 4 is 5.65 Å². The lowest BCUT2D eigenvalue weighted by Gasteiger charge is -2.13. The lowest BCUT2D eigenvalue weighted by molar-refractivity contribution is 0.594. The first-order valence-electron chi connectivity index (χ1n) is 7.04. The molecule has 0 atom stereocenters. The maximum absolute atomic E-state index is 14.1. The van der Waals surface area contributed by atoms with Crippen LogP contribution in [0.3, 0.4) is 0 Å². The number of hydrogen-bond acceptors (Lipinski definition) is 1. The Hall–Kier alpha value is -1.38. The minimum Gasteiger partial charge on any atom is -0.303 e. The van der Waals surface area contributed by atoms with Gasteiger partial charge in [-0.25, -0.2) is 9.37 Å². The SMILES string of the molecule is CC(C)c1cn2c(C(C)C)c(C(C)C)nc2cc1F. The Labute approximate surface area is 114 Å². The van der Waals surface area contributed by atoms with E-state index in [-0.39, 0.29) is 11.7 Å². The van der Waals surface area contributed by atoms with Gasteiger partial charge in [-0.3, -0.25) is 0 Å². The van der Waals surface area contributed by atoms with Crippen LogP contribution in [0.5, 0.6) is 0 Å². The van der Waals surface area contributed by atoms with Crippen molar-refractivity contribution in [2.45, 2.75) is 59.3 Å². The molecule has 2 rings (SSSR count). The van der Waals surface area contributed by atoms with E-state index in [1.54, 1.807) is 6.07 Å². The van der Waals surface area contributed by atoms with E-state index in [1.165, 1.54) is 5.69 Å². The van der Waals surface area contributed by atoms with Crippen LogP contribution in [-0.4, -0.2) is 9.38 Å². The van der Waals surface area contributed by atoms with Gasteiger partial charge in [0.2, 0.25) is 0 Å². The monoisotopic (exact) mass is 262 g/mol. The van der Waals surface area contributed by atoms with Crippen molar-refractivity contribution in [3.63, 3.8) is 0 Å². The van der Waals surface area contributed by atoms with Crippen molar-refractivity contribution in [1.82, 2.24) is 9.38 Å². The lowest BCUT2D eigenvalue weighted by Crippen LogP contribution is -2.03. The number of hydrogen-bond donors (Lipinski definition) is 0. The molecule has 2 aromatic rings. The lowest BCUT2D eigenvalue weighted by atomic mass is 10.0. The quantitative estimate of drug-likeness (QED) is 0.773. The Kier molecular flexibility index (Phi) is 3.66. The molecule has 3 heteroatoms. The van der Waals surface area contributed by atoms with Crippen molar-refractivity contribution < 1.29 is 4.39 Å². The molecule has 0 saturated carbocycles. The molecule has 0 N–H and O–H groups in total. The van der Waals surface area contributed by atoms with Gasteiger partial charge < -0.3 is 4.40 Å². The van der Waals surface area contributed by atoms with Crippen molar-refractivity contribution in [1.29, 1.82) is 0 Å². The summed E-state index contributed by atoms with van der Waals surface area (Å²) in [6.07, 6.45) is 1.92. The van der Waals surface area contributed by atoms with Crippen LogP contribution in [0.1, 0.15) is 76.2 Å². The smallest absolute Gasteiger partial charge is 0.140 e. The van der Waals surface area contributed by atoms with E-state index in [4.69, 9.17) is 0 Å². The second-order valence-electron chi connectivity index (χ2n) is 6.15. The van der Waals surface area contributed by atoms with Crippen LogP contribution in [0.15, 0.2) is 12.3 Å². The number of aromatic nitrogens is 2. The van der Waals surface area contributed by atoms with Crippen LogP contribution in [0, 0.1) is 5.82 Å². The van der Waals surface area contributed by atoms with Gasteiger partial charge in [-0.15, -0.1) is 0 Å². The molecule has 0 saturated heterocycles. The highest BCUT2D eigenvalue weighted by molar-refractivity contribution is 5.47. The molecule has 0 aromatic carbocycles. The van der Waals surface area contributed by atoms with Crippen molar-refractivity contribution in [3.05, 3.63) is 35.0 Å². The van der Waals surface area contributed by atoms with Gasteiger partial charge in [0.25, 0.3) is 0 Å². The highest BCUT2D eigenvalue weighted by Gasteiger charge is 2.19. The fourth-order valence-corrected chi connectivity index (χ4v) is 2.54. The third-order valence-electron chi connectivity index (χ3n) is 3.52. The van der Waals surface area contributed by atoms with E-state index >= 15 is 0 Å². The molecular formula is C16H23FN2.